The number of hydrogen-bond acceptors (Lipinski definition) is 4. The van der Waals surface area contributed by atoms with Gasteiger partial charge in [0, 0.05) is 13.0 Å². The molecule has 0 aliphatic carbocycles. The molecule has 0 aromatic carbocycles. The molecule has 1 unspecified atom stereocenters. The van der Waals surface area contributed by atoms with Crippen LogP contribution in [-0.4, -0.2) is 25.2 Å². The standard InChI is InChI=1S/C8H12O4/c1-6(12-7(2)9)4-5-8(10)11-3/h4-6H,1-3H3. The summed E-state index contributed by atoms with van der Waals surface area (Å²) in [4.78, 5) is 20.9. The zero-order valence-corrected chi connectivity index (χ0v) is 7.37. The molecule has 0 rings (SSSR count). The molecule has 0 N–H and O–H groups in total. The van der Waals surface area contributed by atoms with Crippen LogP contribution < -0.4 is 0 Å². The highest BCUT2D eigenvalue weighted by Crippen LogP contribution is 1.93. The van der Waals surface area contributed by atoms with Crippen molar-refractivity contribution >= 4 is 11.9 Å². The van der Waals surface area contributed by atoms with E-state index in [1.807, 2.05) is 0 Å². The maximum Gasteiger partial charge on any atom is 0.330 e. The largest absolute Gasteiger partial charge is 0.466 e. The van der Waals surface area contributed by atoms with Crippen molar-refractivity contribution in [3.63, 3.8) is 0 Å². The smallest absolute Gasteiger partial charge is 0.330 e. The molecule has 0 saturated heterocycles. The average molecular weight is 172 g/mol. The van der Waals surface area contributed by atoms with Gasteiger partial charge in [0.05, 0.1) is 7.11 Å². The number of ether oxygens (including phenoxy) is 2. The van der Waals surface area contributed by atoms with Crippen molar-refractivity contribution in [1.82, 2.24) is 0 Å². The number of methoxy groups -OCH3 is 1. The van der Waals surface area contributed by atoms with Crippen LogP contribution in [-0.2, 0) is 19.1 Å². The third kappa shape index (κ3) is 5.46. The highest BCUT2D eigenvalue weighted by atomic mass is 16.5. The van der Waals surface area contributed by atoms with Crippen molar-refractivity contribution in [2.24, 2.45) is 0 Å². The zero-order chi connectivity index (χ0) is 9.56. The quantitative estimate of drug-likeness (QED) is 0.463. The Labute approximate surface area is 71.2 Å². The fourth-order valence-corrected chi connectivity index (χ4v) is 0.583. The van der Waals surface area contributed by atoms with Crippen molar-refractivity contribution in [3.8, 4) is 0 Å². The first-order valence-corrected chi connectivity index (χ1v) is 3.49. The minimum absolute atomic E-state index is 0.378. The summed E-state index contributed by atoms with van der Waals surface area (Å²) in [5.41, 5.74) is 0. The maximum absolute atomic E-state index is 10.6. The minimum Gasteiger partial charge on any atom is -0.466 e. The van der Waals surface area contributed by atoms with E-state index < -0.39 is 12.1 Å². The summed E-state index contributed by atoms with van der Waals surface area (Å²) in [5.74, 6) is -0.842. The Morgan fingerprint density at radius 3 is 2.42 bits per heavy atom. The normalized spacial score (nSPS) is 12.6. The van der Waals surface area contributed by atoms with Crippen molar-refractivity contribution in [2.45, 2.75) is 20.0 Å². The lowest BCUT2D eigenvalue weighted by molar-refractivity contribution is -0.143. The summed E-state index contributed by atoms with van der Waals surface area (Å²) in [6.07, 6.45) is 2.27. The molecule has 0 aliphatic rings. The predicted octanol–water partition coefficient (Wildman–Crippen LogP) is 0.667. The van der Waals surface area contributed by atoms with E-state index in [4.69, 9.17) is 4.74 Å². The van der Waals surface area contributed by atoms with E-state index in [0.717, 1.165) is 0 Å². The second kappa shape index (κ2) is 5.35. The molecule has 4 heteroatoms. The molecule has 68 valence electrons. The van der Waals surface area contributed by atoms with Gasteiger partial charge in [-0.1, -0.05) is 0 Å². The van der Waals surface area contributed by atoms with Gasteiger partial charge in [-0.2, -0.15) is 0 Å². The van der Waals surface area contributed by atoms with E-state index >= 15 is 0 Å². The summed E-state index contributed by atoms with van der Waals surface area (Å²) < 4.78 is 9.05. The Bertz CT molecular complexity index is 195. The van der Waals surface area contributed by atoms with Crippen LogP contribution in [0.1, 0.15) is 13.8 Å². The molecule has 1 atom stereocenters. The van der Waals surface area contributed by atoms with E-state index in [0.29, 0.717) is 0 Å². The summed E-state index contributed by atoms with van der Waals surface area (Å²) in [5, 5.41) is 0. The molecule has 4 nitrogen and oxygen atoms in total. The number of esters is 2. The third-order valence-corrected chi connectivity index (χ3v) is 1.06. The van der Waals surface area contributed by atoms with E-state index in [9.17, 15) is 9.59 Å². The molecule has 0 bridgehead atoms. The molecule has 0 heterocycles. The fourth-order valence-electron chi connectivity index (χ4n) is 0.583. The average Bonchev–Trinajstić information content (AvgIpc) is 1.99. The van der Waals surface area contributed by atoms with Crippen molar-refractivity contribution < 1.29 is 19.1 Å². The molecular formula is C8H12O4. The Hall–Kier alpha value is -1.32. The molecule has 0 aromatic heterocycles. The molecule has 0 amide bonds. The van der Waals surface area contributed by atoms with Crippen LogP contribution in [0.5, 0.6) is 0 Å². The number of hydrogen-bond donors (Lipinski definition) is 0. The van der Waals surface area contributed by atoms with E-state index in [-0.39, 0.29) is 5.97 Å². The third-order valence-electron chi connectivity index (χ3n) is 1.06. The summed E-state index contributed by atoms with van der Waals surface area (Å²) >= 11 is 0. The Morgan fingerprint density at radius 1 is 1.42 bits per heavy atom. The Kier molecular flexibility index (Phi) is 4.76. The van der Waals surface area contributed by atoms with Gasteiger partial charge in [0.1, 0.15) is 6.10 Å². The van der Waals surface area contributed by atoms with Gasteiger partial charge in [-0.05, 0) is 13.0 Å². The maximum atomic E-state index is 10.6. The molecule has 0 aliphatic heterocycles. The molecule has 0 radical (unpaired) electrons. The Morgan fingerprint density at radius 2 is 2.00 bits per heavy atom. The monoisotopic (exact) mass is 172 g/mol. The fraction of sp³-hybridized carbons (Fsp3) is 0.500. The van der Waals surface area contributed by atoms with E-state index in [1.54, 1.807) is 6.92 Å². The summed E-state index contributed by atoms with van der Waals surface area (Å²) in [6, 6.07) is 0. The van der Waals surface area contributed by atoms with Crippen LogP contribution in [0.4, 0.5) is 0 Å². The van der Waals surface area contributed by atoms with Crippen LogP contribution in [0.15, 0.2) is 12.2 Å². The molecule has 0 fully saturated rings. The highest BCUT2D eigenvalue weighted by Gasteiger charge is 2.00. The predicted molar refractivity (Wildman–Crippen MR) is 42.4 cm³/mol. The number of carbonyl (C=O) groups is 2. The van der Waals surface area contributed by atoms with Gasteiger partial charge < -0.3 is 9.47 Å². The van der Waals surface area contributed by atoms with Gasteiger partial charge >= 0.3 is 11.9 Å². The highest BCUT2D eigenvalue weighted by molar-refractivity contribution is 5.81. The Balaban J connectivity index is 3.82. The van der Waals surface area contributed by atoms with Gasteiger partial charge in [0.2, 0.25) is 0 Å². The van der Waals surface area contributed by atoms with E-state index in [2.05, 4.69) is 4.74 Å². The van der Waals surface area contributed by atoms with Crippen LogP contribution >= 0.6 is 0 Å². The second-order valence-electron chi connectivity index (χ2n) is 2.20. The number of rotatable bonds is 3. The van der Waals surface area contributed by atoms with Gasteiger partial charge in [-0.15, -0.1) is 0 Å². The molecule has 0 spiro atoms. The summed E-state index contributed by atoms with van der Waals surface area (Å²) in [7, 11) is 1.28. The van der Waals surface area contributed by atoms with Crippen LogP contribution in [0.3, 0.4) is 0 Å². The lowest BCUT2D eigenvalue weighted by Gasteiger charge is -2.04. The van der Waals surface area contributed by atoms with E-state index in [1.165, 1.54) is 26.2 Å². The number of carbonyl (C=O) groups excluding carboxylic acids is 2. The first-order valence-electron chi connectivity index (χ1n) is 3.49. The van der Waals surface area contributed by atoms with Gasteiger partial charge in [-0.3, -0.25) is 4.79 Å². The molecule has 12 heavy (non-hydrogen) atoms. The lowest BCUT2D eigenvalue weighted by Crippen LogP contribution is -2.09. The first-order chi connectivity index (χ1) is 5.56. The first kappa shape index (κ1) is 10.7. The van der Waals surface area contributed by atoms with Crippen LogP contribution in [0.2, 0.25) is 0 Å². The zero-order valence-electron chi connectivity index (χ0n) is 7.37. The molecule has 0 aromatic rings. The summed E-state index contributed by atoms with van der Waals surface area (Å²) in [6.45, 7) is 2.96. The van der Waals surface area contributed by atoms with Crippen molar-refractivity contribution in [2.75, 3.05) is 7.11 Å². The lowest BCUT2D eigenvalue weighted by atomic mass is 10.3. The molecule has 0 saturated carbocycles. The molecular weight excluding hydrogens is 160 g/mol. The van der Waals surface area contributed by atoms with Gasteiger partial charge in [0.25, 0.3) is 0 Å². The van der Waals surface area contributed by atoms with Gasteiger partial charge in [-0.25, -0.2) is 4.79 Å². The topological polar surface area (TPSA) is 52.6 Å². The van der Waals surface area contributed by atoms with Gasteiger partial charge in [0.15, 0.2) is 0 Å². The second-order valence-corrected chi connectivity index (χ2v) is 2.20. The van der Waals surface area contributed by atoms with Crippen molar-refractivity contribution in [3.05, 3.63) is 12.2 Å². The van der Waals surface area contributed by atoms with Crippen molar-refractivity contribution in [1.29, 1.82) is 0 Å². The van der Waals surface area contributed by atoms with Crippen LogP contribution in [0.25, 0.3) is 0 Å². The minimum atomic E-state index is -0.464. The van der Waals surface area contributed by atoms with Crippen LogP contribution in [0, 0.1) is 0 Å². The SMILES string of the molecule is COC(=O)C=CC(C)OC(C)=O.